The predicted molar refractivity (Wildman–Crippen MR) is 104 cm³/mol. The largest absolute Gasteiger partial charge is 0.490 e. The minimum atomic E-state index is -1.08. The van der Waals surface area contributed by atoms with Gasteiger partial charge < -0.3 is 19.5 Å². The van der Waals surface area contributed by atoms with E-state index >= 15 is 0 Å². The van der Waals surface area contributed by atoms with Crippen LogP contribution in [-0.2, 0) is 11.3 Å². The summed E-state index contributed by atoms with van der Waals surface area (Å²) in [5, 5.41) is 11.5. The highest BCUT2D eigenvalue weighted by Gasteiger charge is 2.36. The molecule has 1 aliphatic heterocycles. The SMILES string of the molecule is COCc1cccc(C(=O)N2CCCC(O)(COc3cccc(Cl)c3)C2)c1. The maximum Gasteiger partial charge on any atom is 0.253 e. The number of methoxy groups -OCH3 is 1. The number of carbonyl (C=O) groups is 1. The van der Waals surface area contributed by atoms with Crippen molar-refractivity contribution in [1.29, 1.82) is 0 Å². The lowest BCUT2D eigenvalue weighted by Crippen LogP contribution is -2.53. The van der Waals surface area contributed by atoms with Gasteiger partial charge in [0.2, 0.25) is 0 Å². The highest BCUT2D eigenvalue weighted by atomic mass is 35.5. The number of amides is 1. The Morgan fingerprint density at radius 1 is 1.26 bits per heavy atom. The Morgan fingerprint density at radius 2 is 2.07 bits per heavy atom. The molecule has 1 heterocycles. The van der Waals surface area contributed by atoms with E-state index in [1.807, 2.05) is 18.2 Å². The Kier molecular flexibility index (Phi) is 6.37. The first-order chi connectivity index (χ1) is 13.0. The molecule has 1 saturated heterocycles. The molecule has 0 aliphatic carbocycles. The van der Waals surface area contributed by atoms with E-state index in [1.54, 1.807) is 42.3 Å². The van der Waals surface area contributed by atoms with Crippen LogP contribution in [0.25, 0.3) is 0 Å². The van der Waals surface area contributed by atoms with Gasteiger partial charge in [0.15, 0.2) is 0 Å². The molecular weight excluding hydrogens is 366 g/mol. The molecule has 0 radical (unpaired) electrons. The summed E-state index contributed by atoms with van der Waals surface area (Å²) in [5.74, 6) is 0.514. The standard InChI is InChI=1S/C21H24ClNO4/c1-26-13-16-5-2-6-17(11-16)20(24)23-10-4-9-21(25,14-23)15-27-19-8-3-7-18(22)12-19/h2-3,5-8,11-12,25H,4,9-10,13-15H2,1H3. The summed E-state index contributed by atoms with van der Waals surface area (Å²) in [6, 6.07) is 14.5. The quantitative estimate of drug-likeness (QED) is 0.821. The number of nitrogens with zero attached hydrogens (tertiary/aromatic N) is 1. The van der Waals surface area contributed by atoms with E-state index in [4.69, 9.17) is 21.1 Å². The van der Waals surface area contributed by atoms with Crippen molar-refractivity contribution in [2.24, 2.45) is 0 Å². The zero-order valence-electron chi connectivity index (χ0n) is 15.4. The molecule has 6 heteroatoms. The Morgan fingerprint density at radius 3 is 2.85 bits per heavy atom. The second kappa shape index (κ2) is 8.74. The van der Waals surface area contributed by atoms with Crippen molar-refractivity contribution in [2.75, 3.05) is 26.8 Å². The number of β-amino-alcohol motifs (C(OH)–C–C–N with tert-alkyl or cyclic N) is 1. The maximum atomic E-state index is 12.9. The highest BCUT2D eigenvalue weighted by molar-refractivity contribution is 6.30. The van der Waals surface area contributed by atoms with Gasteiger partial charge >= 0.3 is 0 Å². The average molecular weight is 390 g/mol. The summed E-state index contributed by atoms with van der Waals surface area (Å²) >= 11 is 5.96. The third-order valence-corrected chi connectivity index (χ3v) is 4.87. The number of rotatable bonds is 6. The summed E-state index contributed by atoms with van der Waals surface area (Å²) in [6.45, 7) is 1.42. The number of hydrogen-bond acceptors (Lipinski definition) is 4. The third kappa shape index (κ3) is 5.22. The topological polar surface area (TPSA) is 59.0 Å². The second-order valence-corrected chi connectivity index (χ2v) is 7.37. The van der Waals surface area contributed by atoms with Crippen molar-refractivity contribution < 1.29 is 19.4 Å². The number of halogens is 1. The molecule has 2 aromatic carbocycles. The number of hydrogen-bond donors (Lipinski definition) is 1. The Labute approximate surface area is 164 Å². The lowest BCUT2D eigenvalue weighted by atomic mass is 9.93. The Balaban J connectivity index is 1.65. The van der Waals surface area contributed by atoms with E-state index in [-0.39, 0.29) is 19.1 Å². The summed E-state index contributed by atoms with van der Waals surface area (Å²) in [5.41, 5.74) is 0.463. The van der Waals surface area contributed by atoms with Gasteiger partial charge in [-0.1, -0.05) is 29.8 Å². The zero-order chi connectivity index (χ0) is 19.3. The van der Waals surface area contributed by atoms with Gasteiger partial charge in [0.25, 0.3) is 5.91 Å². The number of aliphatic hydroxyl groups is 1. The van der Waals surface area contributed by atoms with Crippen LogP contribution in [0.2, 0.25) is 5.02 Å². The number of likely N-dealkylation sites (tertiary alicyclic amines) is 1. The molecule has 1 atom stereocenters. The number of piperidine rings is 1. The molecule has 27 heavy (non-hydrogen) atoms. The van der Waals surface area contributed by atoms with Crippen LogP contribution in [0.3, 0.4) is 0 Å². The first kappa shape index (κ1) is 19.7. The van der Waals surface area contributed by atoms with Crippen LogP contribution in [-0.4, -0.2) is 48.3 Å². The van der Waals surface area contributed by atoms with Crippen LogP contribution in [0.4, 0.5) is 0 Å². The van der Waals surface area contributed by atoms with E-state index in [1.165, 1.54) is 0 Å². The van der Waals surface area contributed by atoms with E-state index in [0.29, 0.717) is 35.9 Å². The van der Waals surface area contributed by atoms with Crippen LogP contribution in [0, 0.1) is 0 Å². The molecule has 5 nitrogen and oxygen atoms in total. The molecule has 0 aromatic heterocycles. The molecule has 1 unspecified atom stereocenters. The fourth-order valence-electron chi connectivity index (χ4n) is 3.32. The normalized spacial score (nSPS) is 19.7. The minimum absolute atomic E-state index is 0.0890. The van der Waals surface area contributed by atoms with Gasteiger partial charge in [0, 0.05) is 24.2 Å². The molecule has 1 fully saturated rings. The predicted octanol–water partition coefficient (Wildman–Crippen LogP) is 3.53. The van der Waals surface area contributed by atoms with Crippen LogP contribution in [0.15, 0.2) is 48.5 Å². The van der Waals surface area contributed by atoms with Crippen molar-refractivity contribution >= 4 is 17.5 Å². The monoisotopic (exact) mass is 389 g/mol. The first-order valence-electron chi connectivity index (χ1n) is 8.97. The van der Waals surface area contributed by atoms with Gasteiger partial charge in [0.1, 0.15) is 18.0 Å². The van der Waals surface area contributed by atoms with Gasteiger partial charge in [-0.3, -0.25) is 4.79 Å². The first-order valence-corrected chi connectivity index (χ1v) is 9.35. The fraction of sp³-hybridized carbons (Fsp3) is 0.381. The van der Waals surface area contributed by atoms with Gasteiger partial charge in [-0.15, -0.1) is 0 Å². The summed E-state index contributed by atoms with van der Waals surface area (Å²) < 4.78 is 10.9. The molecule has 1 aliphatic rings. The molecular formula is C21H24ClNO4. The third-order valence-electron chi connectivity index (χ3n) is 4.63. The smallest absolute Gasteiger partial charge is 0.253 e. The van der Waals surface area contributed by atoms with Crippen LogP contribution < -0.4 is 4.74 Å². The lowest BCUT2D eigenvalue weighted by molar-refractivity contribution is -0.0532. The summed E-state index contributed by atoms with van der Waals surface area (Å²) in [6.07, 6.45) is 1.31. The summed E-state index contributed by atoms with van der Waals surface area (Å²) in [4.78, 5) is 14.6. The number of carbonyl (C=O) groups excluding carboxylic acids is 1. The van der Waals surface area contributed by atoms with E-state index in [9.17, 15) is 9.90 Å². The average Bonchev–Trinajstić information content (AvgIpc) is 2.67. The van der Waals surface area contributed by atoms with Crippen LogP contribution in [0.1, 0.15) is 28.8 Å². The van der Waals surface area contributed by atoms with Crippen molar-refractivity contribution in [3.05, 3.63) is 64.7 Å². The minimum Gasteiger partial charge on any atom is -0.490 e. The fourth-order valence-corrected chi connectivity index (χ4v) is 3.50. The Hall–Kier alpha value is -2.08. The molecule has 144 valence electrons. The highest BCUT2D eigenvalue weighted by Crippen LogP contribution is 2.25. The maximum absolute atomic E-state index is 12.9. The van der Waals surface area contributed by atoms with Gasteiger partial charge in [-0.2, -0.15) is 0 Å². The van der Waals surface area contributed by atoms with E-state index in [2.05, 4.69) is 0 Å². The van der Waals surface area contributed by atoms with Crippen LogP contribution >= 0.6 is 11.6 Å². The second-order valence-electron chi connectivity index (χ2n) is 6.93. The molecule has 1 N–H and O–H groups in total. The summed E-state index contributed by atoms with van der Waals surface area (Å²) in [7, 11) is 1.62. The Bertz CT molecular complexity index is 797. The van der Waals surface area contributed by atoms with Crippen LogP contribution in [0.5, 0.6) is 5.75 Å². The molecule has 1 amide bonds. The van der Waals surface area contributed by atoms with Crippen molar-refractivity contribution in [3.8, 4) is 5.75 Å². The molecule has 0 bridgehead atoms. The van der Waals surface area contributed by atoms with Gasteiger partial charge in [0.05, 0.1) is 13.2 Å². The molecule has 2 aromatic rings. The zero-order valence-corrected chi connectivity index (χ0v) is 16.1. The van der Waals surface area contributed by atoms with Gasteiger partial charge in [-0.05, 0) is 48.7 Å². The number of ether oxygens (including phenoxy) is 2. The number of benzene rings is 2. The molecule has 3 rings (SSSR count). The van der Waals surface area contributed by atoms with Crippen molar-refractivity contribution in [2.45, 2.75) is 25.0 Å². The van der Waals surface area contributed by atoms with Gasteiger partial charge in [-0.25, -0.2) is 0 Å². The molecule has 0 saturated carbocycles. The van der Waals surface area contributed by atoms with E-state index in [0.717, 1.165) is 12.0 Å². The molecule has 0 spiro atoms. The van der Waals surface area contributed by atoms with E-state index < -0.39 is 5.60 Å². The lowest BCUT2D eigenvalue weighted by Gasteiger charge is -2.39. The van der Waals surface area contributed by atoms with Crippen molar-refractivity contribution in [3.63, 3.8) is 0 Å². The van der Waals surface area contributed by atoms with Crippen molar-refractivity contribution in [1.82, 2.24) is 4.90 Å².